The highest BCUT2D eigenvalue weighted by Crippen LogP contribution is 2.59. The van der Waals surface area contributed by atoms with Crippen molar-refractivity contribution in [2.24, 2.45) is 29.4 Å². The zero-order chi connectivity index (χ0) is 13.0. The lowest BCUT2D eigenvalue weighted by Gasteiger charge is -2.54. The smallest absolute Gasteiger partial charge is 0.0693 e. The number of aromatic nitrogens is 2. The van der Waals surface area contributed by atoms with Crippen LogP contribution < -0.4 is 5.73 Å². The minimum Gasteiger partial charge on any atom is -0.330 e. The van der Waals surface area contributed by atoms with Crippen molar-refractivity contribution in [3.63, 3.8) is 0 Å². The van der Waals surface area contributed by atoms with Crippen LogP contribution in [0.3, 0.4) is 0 Å². The summed E-state index contributed by atoms with van der Waals surface area (Å²) in [5.41, 5.74) is 9.85. The molecule has 0 atom stereocenters. The molecule has 4 fully saturated rings. The Balaban J connectivity index is 1.69. The third-order valence-corrected chi connectivity index (χ3v) is 6.04. The van der Waals surface area contributed by atoms with E-state index in [0.29, 0.717) is 0 Å². The van der Waals surface area contributed by atoms with Crippen LogP contribution in [0.4, 0.5) is 0 Å². The van der Waals surface area contributed by atoms with Crippen molar-refractivity contribution in [1.29, 1.82) is 0 Å². The van der Waals surface area contributed by atoms with Crippen LogP contribution >= 0.6 is 0 Å². The highest BCUT2D eigenvalue weighted by atomic mass is 15.1. The molecular weight excluding hydrogens is 234 g/mol. The first kappa shape index (κ1) is 12.0. The number of H-pyrrole nitrogens is 1. The second kappa shape index (κ2) is 4.34. The van der Waals surface area contributed by atoms with E-state index >= 15 is 0 Å². The van der Waals surface area contributed by atoms with Crippen molar-refractivity contribution in [2.45, 2.75) is 51.4 Å². The molecule has 4 aliphatic rings. The van der Waals surface area contributed by atoms with E-state index in [1.165, 1.54) is 49.1 Å². The van der Waals surface area contributed by atoms with Gasteiger partial charge in [-0.1, -0.05) is 0 Å². The van der Waals surface area contributed by atoms with E-state index in [1.807, 2.05) is 0 Å². The van der Waals surface area contributed by atoms with E-state index in [-0.39, 0.29) is 0 Å². The molecule has 19 heavy (non-hydrogen) atoms. The predicted octanol–water partition coefficient (Wildman–Crippen LogP) is 2.76. The van der Waals surface area contributed by atoms with E-state index < -0.39 is 0 Å². The lowest BCUT2D eigenvalue weighted by atomic mass is 9.51. The Kier molecular flexibility index (Phi) is 2.73. The van der Waals surface area contributed by atoms with Gasteiger partial charge < -0.3 is 5.73 Å². The summed E-state index contributed by atoms with van der Waals surface area (Å²) in [7, 11) is 0. The Labute approximate surface area is 115 Å². The van der Waals surface area contributed by atoms with E-state index in [2.05, 4.69) is 12.0 Å². The van der Waals surface area contributed by atoms with Crippen LogP contribution in [0.25, 0.3) is 0 Å². The molecule has 3 heteroatoms. The Morgan fingerprint density at radius 3 is 2.32 bits per heavy atom. The van der Waals surface area contributed by atoms with Crippen molar-refractivity contribution >= 4 is 0 Å². The molecule has 104 valence electrons. The van der Waals surface area contributed by atoms with Crippen molar-refractivity contribution in [3.05, 3.63) is 17.0 Å². The fraction of sp³-hybridized carbons (Fsp3) is 0.812. The van der Waals surface area contributed by atoms with Gasteiger partial charge >= 0.3 is 0 Å². The molecule has 4 aliphatic carbocycles. The average Bonchev–Trinajstić information content (AvgIpc) is 2.71. The van der Waals surface area contributed by atoms with Crippen molar-refractivity contribution in [1.82, 2.24) is 10.2 Å². The van der Waals surface area contributed by atoms with Gasteiger partial charge in [-0.25, -0.2) is 0 Å². The van der Waals surface area contributed by atoms with Crippen LogP contribution in [0.1, 0.15) is 55.0 Å². The molecule has 0 spiro atoms. The summed E-state index contributed by atoms with van der Waals surface area (Å²) in [6, 6.07) is 0. The van der Waals surface area contributed by atoms with E-state index in [9.17, 15) is 0 Å². The van der Waals surface area contributed by atoms with Gasteiger partial charge in [-0.15, -0.1) is 0 Å². The Morgan fingerprint density at radius 2 is 1.74 bits per heavy atom. The molecule has 1 aromatic rings. The topological polar surface area (TPSA) is 54.7 Å². The average molecular weight is 259 g/mol. The summed E-state index contributed by atoms with van der Waals surface area (Å²) in [5.74, 6) is 4.64. The van der Waals surface area contributed by atoms with Crippen LogP contribution in [0.15, 0.2) is 0 Å². The number of aryl methyl sites for hydroxylation is 1. The predicted molar refractivity (Wildman–Crippen MR) is 75.9 cm³/mol. The molecule has 1 heterocycles. The SMILES string of the molecule is Cc1[nH]nc(C2C3CC4CC(C3)CC2C4)c1CCN. The van der Waals surface area contributed by atoms with E-state index in [4.69, 9.17) is 10.8 Å². The summed E-state index contributed by atoms with van der Waals surface area (Å²) in [6.07, 6.45) is 8.37. The summed E-state index contributed by atoms with van der Waals surface area (Å²) < 4.78 is 0. The summed E-state index contributed by atoms with van der Waals surface area (Å²) in [6.45, 7) is 2.89. The zero-order valence-corrected chi connectivity index (χ0v) is 11.9. The molecular formula is C16H25N3. The minimum atomic E-state index is 0.735. The fourth-order valence-electron chi connectivity index (χ4n) is 5.58. The van der Waals surface area contributed by atoms with Crippen molar-refractivity contribution in [3.8, 4) is 0 Å². The van der Waals surface area contributed by atoms with Crippen LogP contribution in [0, 0.1) is 30.6 Å². The maximum Gasteiger partial charge on any atom is 0.0693 e. The third kappa shape index (κ3) is 1.78. The Bertz CT molecular complexity index is 448. The third-order valence-electron chi connectivity index (χ3n) is 6.04. The van der Waals surface area contributed by atoms with Gasteiger partial charge in [0.15, 0.2) is 0 Å². The summed E-state index contributed by atoms with van der Waals surface area (Å²) >= 11 is 0. The Morgan fingerprint density at radius 1 is 1.11 bits per heavy atom. The van der Waals surface area contributed by atoms with Crippen LogP contribution in [0.5, 0.6) is 0 Å². The van der Waals surface area contributed by atoms with Gasteiger partial charge in [0.25, 0.3) is 0 Å². The normalized spacial score (nSPS) is 40.0. The highest BCUT2D eigenvalue weighted by Gasteiger charge is 2.49. The second-order valence-electron chi connectivity index (χ2n) is 7.21. The molecule has 0 radical (unpaired) electrons. The quantitative estimate of drug-likeness (QED) is 0.877. The molecule has 0 aliphatic heterocycles. The number of hydrogen-bond donors (Lipinski definition) is 2. The highest BCUT2D eigenvalue weighted by molar-refractivity contribution is 5.30. The largest absolute Gasteiger partial charge is 0.330 e. The number of nitrogens with one attached hydrogen (secondary N) is 1. The zero-order valence-electron chi connectivity index (χ0n) is 11.9. The van der Waals surface area contributed by atoms with Gasteiger partial charge in [0.05, 0.1) is 5.69 Å². The second-order valence-corrected chi connectivity index (χ2v) is 7.21. The molecule has 0 aromatic carbocycles. The standard InChI is InChI=1S/C16H25N3/c1-9-14(2-3-17)16(19-18-9)15-12-5-10-4-11(7-12)8-13(15)6-10/h10-13,15H,2-8,17H2,1H3,(H,18,19). The number of nitrogens with zero attached hydrogens (tertiary/aromatic N) is 1. The first-order valence-electron chi connectivity index (χ1n) is 8.00. The molecule has 0 unspecified atom stereocenters. The molecule has 0 saturated heterocycles. The number of hydrogen-bond acceptors (Lipinski definition) is 2. The van der Waals surface area contributed by atoms with Crippen LogP contribution in [-0.4, -0.2) is 16.7 Å². The molecule has 4 saturated carbocycles. The molecule has 1 aromatic heterocycles. The van der Waals surface area contributed by atoms with Gasteiger partial charge in [0, 0.05) is 11.6 Å². The first-order chi connectivity index (χ1) is 9.26. The maximum absolute atomic E-state index is 5.79. The van der Waals surface area contributed by atoms with Gasteiger partial charge in [0.1, 0.15) is 0 Å². The van der Waals surface area contributed by atoms with Crippen molar-refractivity contribution in [2.75, 3.05) is 6.54 Å². The number of rotatable bonds is 3. The molecule has 0 amide bonds. The van der Waals surface area contributed by atoms with Gasteiger partial charge in [-0.05, 0) is 81.2 Å². The lowest BCUT2D eigenvalue weighted by molar-refractivity contribution is -0.00444. The monoisotopic (exact) mass is 259 g/mol. The van der Waals surface area contributed by atoms with Crippen LogP contribution in [0.2, 0.25) is 0 Å². The summed E-state index contributed by atoms with van der Waals surface area (Å²) in [4.78, 5) is 0. The first-order valence-corrected chi connectivity index (χ1v) is 8.00. The Hall–Kier alpha value is -0.830. The van der Waals surface area contributed by atoms with E-state index in [0.717, 1.165) is 42.6 Å². The number of nitrogens with two attached hydrogens (primary N) is 1. The summed E-state index contributed by atoms with van der Waals surface area (Å²) in [5, 5.41) is 7.93. The lowest BCUT2D eigenvalue weighted by Crippen LogP contribution is -2.44. The fourth-order valence-corrected chi connectivity index (χ4v) is 5.58. The van der Waals surface area contributed by atoms with E-state index in [1.54, 1.807) is 0 Å². The molecule has 3 nitrogen and oxygen atoms in total. The molecule has 5 rings (SSSR count). The van der Waals surface area contributed by atoms with Gasteiger partial charge in [-0.2, -0.15) is 5.10 Å². The molecule has 3 N–H and O–H groups in total. The van der Waals surface area contributed by atoms with Gasteiger partial charge in [-0.3, -0.25) is 5.10 Å². The molecule has 4 bridgehead atoms. The minimum absolute atomic E-state index is 0.735. The number of aromatic amines is 1. The van der Waals surface area contributed by atoms with Crippen LogP contribution in [-0.2, 0) is 6.42 Å². The maximum atomic E-state index is 5.79. The van der Waals surface area contributed by atoms with Gasteiger partial charge in [0.2, 0.25) is 0 Å². The van der Waals surface area contributed by atoms with Crippen molar-refractivity contribution < 1.29 is 0 Å².